The fourth-order valence-electron chi connectivity index (χ4n) is 3.09. The SMILES string of the molecule is O=c1[nH]c2ccc(Nc3nc(-c4ccncc4)cc4ncccc34)cc2[nH]1. The quantitative estimate of drug-likeness (QED) is 0.460. The van der Waals surface area contributed by atoms with Gasteiger partial charge >= 0.3 is 5.69 Å². The van der Waals surface area contributed by atoms with Crippen molar-refractivity contribution >= 4 is 33.4 Å². The van der Waals surface area contributed by atoms with Crippen molar-refractivity contribution in [3.63, 3.8) is 0 Å². The number of aromatic nitrogens is 5. The molecule has 3 N–H and O–H groups in total. The Bertz CT molecular complexity index is 1320. The molecule has 7 nitrogen and oxygen atoms in total. The minimum Gasteiger partial charge on any atom is -0.340 e. The maximum Gasteiger partial charge on any atom is 0.323 e. The second-order valence-electron chi connectivity index (χ2n) is 6.13. The zero-order valence-electron chi connectivity index (χ0n) is 14.1. The van der Waals surface area contributed by atoms with Crippen LogP contribution in [0.3, 0.4) is 0 Å². The van der Waals surface area contributed by atoms with E-state index in [4.69, 9.17) is 4.98 Å². The van der Waals surface area contributed by atoms with Gasteiger partial charge in [0.2, 0.25) is 0 Å². The van der Waals surface area contributed by atoms with Gasteiger partial charge in [-0.2, -0.15) is 0 Å². The minimum atomic E-state index is -0.227. The van der Waals surface area contributed by atoms with Crippen LogP contribution in [-0.4, -0.2) is 24.9 Å². The van der Waals surface area contributed by atoms with E-state index in [0.717, 1.165) is 38.9 Å². The summed E-state index contributed by atoms with van der Waals surface area (Å²) < 4.78 is 0. The Balaban J connectivity index is 1.65. The molecule has 1 aromatic carbocycles. The summed E-state index contributed by atoms with van der Waals surface area (Å²) in [6, 6.07) is 15.3. The first-order valence-electron chi connectivity index (χ1n) is 8.41. The highest BCUT2D eigenvalue weighted by molar-refractivity contribution is 5.94. The Kier molecular flexibility index (Phi) is 3.43. The predicted molar refractivity (Wildman–Crippen MR) is 105 cm³/mol. The number of nitrogens with one attached hydrogen (secondary N) is 3. The molecule has 4 aromatic heterocycles. The molecule has 0 atom stereocenters. The fraction of sp³-hybridized carbons (Fsp3) is 0. The molecule has 0 unspecified atom stereocenters. The zero-order chi connectivity index (χ0) is 18.2. The first-order valence-corrected chi connectivity index (χ1v) is 8.41. The number of nitrogens with zero attached hydrogens (tertiary/aromatic N) is 3. The molecular weight excluding hydrogens is 340 g/mol. The van der Waals surface area contributed by atoms with Crippen molar-refractivity contribution in [1.82, 2.24) is 24.9 Å². The number of aromatic amines is 2. The van der Waals surface area contributed by atoms with Crippen molar-refractivity contribution in [2.45, 2.75) is 0 Å². The molecule has 0 bridgehead atoms. The van der Waals surface area contributed by atoms with E-state index in [1.54, 1.807) is 18.6 Å². The Morgan fingerprint density at radius 2 is 1.74 bits per heavy atom. The zero-order valence-corrected chi connectivity index (χ0v) is 14.1. The first-order chi connectivity index (χ1) is 13.3. The molecule has 0 saturated carbocycles. The van der Waals surface area contributed by atoms with Crippen LogP contribution in [0.2, 0.25) is 0 Å². The summed E-state index contributed by atoms with van der Waals surface area (Å²) in [5.74, 6) is 0.699. The molecule has 4 heterocycles. The molecule has 0 aliphatic carbocycles. The van der Waals surface area contributed by atoms with Crippen LogP contribution in [0.1, 0.15) is 0 Å². The van der Waals surface area contributed by atoms with Gasteiger partial charge in [-0.1, -0.05) is 0 Å². The summed E-state index contributed by atoms with van der Waals surface area (Å²) in [7, 11) is 0. The Morgan fingerprint density at radius 3 is 2.63 bits per heavy atom. The number of anilines is 2. The van der Waals surface area contributed by atoms with Gasteiger partial charge in [0.05, 0.1) is 22.2 Å². The van der Waals surface area contributed by atoms with Crippen LogP contribution in [0.4, 0.5) is 11.5 Å². The third-order valence-electron chi connectivity index (χ3n) is 4.35. The molecule has 0 aliphatic heterocycles. The van der Waals surface area contributed by atoms with Gasteiger partial charge in [0.1, 0.15) is 5.82 Å². The van der Waals surface area contributed by atoms with Crippen LogP contribution < -0.4 is 11.0 Å². The summed E-state index contributed by atoms with van der Waals surface area (Å²) >= 11 is 0. The largest absolute Gasteiger partial charge is 0.340 e. The topological polar surface area (TPSA) is 99.3 Å². The lowest BCUT2D eigenvalue weighted by atomic mass is 10.1. The highest BCUT2D eigenvalue weighted by Gasteiger charge is 2.09. The van der Waals surface area contributed by atoms with Crippen LogP contribution in [0.5, 0.6) is 0 Å². The molecular formula is C20H14N6O. The van der Waals surface area contributed by atoms with Gasteiger partial charge in [-0.05, 0) is 48.5 Å². The summed E-state index contributed by atoms with van der Waals surface area (Å²) in [6.45, 7) is 0. The third kappa shape index (κ3) is 2.81. The van der Waals surface area contributed by atoms with Gasteiger partial charge in [0, 0.05) is 35.2 Å². The smallest absolute Gasteiger partial charge is 0.323 e. The number of benzene rings is 1. The van der Waals surface area contributed by atoms with E-state index in [1.807, 2.05) is 48.5 Å². The monoisotopic (exact) mass is 354 g/mol. The molecule has 5 rings (SSSR count). The Labute approximate surface area is 153 Å². The number of imidazole rings is 1. The lowest BCUT2D eigenvalue weighted by molar-refractivity contribution is 1.21. The summed E-state index contributed by atoms with van der Waals surface area (Å²) in [4.78, 5) is 30.3. The van der Waals surface area contributed by atoms with Crippen LogP contribution in [0.15, 0.2) is 71.9 Å². The van der Waals surface area contributed by atoms with Crippen molar-refractivity contribution in [3.05, 3.63) is 77.6 Å². The van der Waals surface area contributed by atoms with Gasteiger partial charge in [0.25, 0.3) is 0 Å². The van der Waals surface area contributed by atoms with Crippen molar-refractivity contribution in [3.8, 4) is 11.3 Å². The van der Waals surface area contributed by atoms with Crippen molar-refractivity contribution in [1.29, 1.82) is 0 Å². The normalized spacial score (nSPS) is 11.1. The van der Waals surface area contributed by atoms with E-state index in [2.05, 4.69) is 25.3 Å². The van der Waals surface area contributed by atoms with Gasteiger partial charge in [-0.25, -0.2) is 9.78 Å². The number of fused-ring (bicyclic) bond motifs is 2. The minimum absolute atomic E-state index is 0.227. The van der Waals surface area contributed by atoms with E-state index in [0.29, 0.717) is 5.82 Å². The maximum absolute atomic E-state index is 11.5. The molecule has 130 valence electrons. The van der Waals surface area contributed by atoms with E-state index in [1.165, 1.54) is 0 Å². The lowest BCUT2D eigenvalue weighted by Crippen LogP contribution is -1.99. The molecule has 0 spiro atoms. The third-order valence-corrected chi connectivity index (χ3v) is 4.35. The number of rotatable bonds is 3. The second-order valence-corrected chi connectivity index (χ2v) is 6.13. The molecule has 0 aliphatic rings. The predicted octanol–water partition coefficient (Wildman–Crippen LogP) is 3.61. The first kappa shape index (κ1) is 15.3. The number of H-pyrrole nitrogens is 2. The summed E-state index contributed by atoms with van der Waals surface area (Å²) in [5, 5.41) is 4.27. The van der Waals surface area contributed by atoms with E-state index in [-0.39, 0.29) is 5.69 Å². The molecule has 5 aromatic rings. The number of pyridine rings is 3. The van der Waals surface area contributed by atoms with E-state index in [9.17, 15) is 4.79 Å². The molecule has 0 fully saturated rings. The Hall–Kier alpha value is -4.00. The highest BCUT2D eigenvalue weighted by atomic mass is 16.1. The standard InChI is InChI=1S/C20H14N6O/c27-20-25-15-4-3-13(10-18(15)26-20)23-19-14-2-1-7-22-17(14)11-16(24-19)12-5-8-21-9-6-12/h1-11H,(H,23,24)(H2,25,26,27). The Morgan fingerprint density at radius 1 is 0.889 bits per heavy atom. The molecule has 27 heavy (non-hydrogen) atoms. The summed E-state index contributed by atoms with van der Waals surface area (Å²) in [6.07, 6.45) is 5.24. The van der Waals surface area contributed by atoms with Gasteiger partial charge in [-0.15, -0.1) is 0 Å². The van der Waals surface area contributed by atoms with Crippen LogP contribution in [0.25, 0.3) is 33.2 Å². The van der Waals surface area contributed by atoms with Gasteiger partial charge < -0.3 is 15.3 Å². The van der Waals surface area contributed by atoms with E-state index >= 15 is 0 Å². The van der Waals surface area contributed by atoms with Gasteiger partial charge in [-0.3, -0.25) is 9.97 Å². The van der Waals surface area contributed by atoms with Crippen molar-refractivity contribution in [2.24, 2.45) is 0 Å². The molecule has 0 amide bonds. The summed E-state index contributed by atoms with van der Waals surface area (Å²) in [5.41, 5.74) is 4.70. The van der Waals surface area contributed by atoms with Gasteiger partial charge in [0.15, 0.2) is 0 Å². The molecule has 7 heteroatoms. The van der Waals surface area contributed by atoms with Crippen molar-refractivity contribution in [2.75, 3.05) is 5.32 Å². The number of hydrogen-bond acceptors (Lipinski definition) is 5. The van der Waals surface area contributed by atoms with Crippen LogP contribution >= 0.6 is 0 Å². The van der Waals surface area contributed by atoms with Crippen LogP contribution in [0, 0.1) is 0 Å². The highest BCUT2D eigenvalue weighted by Crippen LogP contribution is 2.29. The average molecular weight is 354 g/mol. The molecule has 0 saturated heterocycles. The number of hydrogen-bond donors (Lipinski definition) is 3. The van der Waals surface area contributed by atoms with Crippen LogP contribution in [-0.2, 0) is 0 Å². The molecule has 0 radical (unpaired) electrons. The lowest BCUT2D eigenvalue weighted by Gasteiger charge is -2.11. The maximum atomic E-state index is 11.5. The van der Waals surface area contributed by atoms with E-state index < -0.39 is 0 Å². The average Bonchev–Trinajstić information content (AvgIpc) is 3.08. The fourth-order valence-corrected chi connectivity index (χ4v) is 3.09. The van der Waals surface area contributed by atoms with Crippen molar-refractivity contribution < 1.29 is 0 Å². The second kappa shape index (κ2) is 6.06.